The molecule has 3 rings (SSSR count). The van der Waals surface area contributed by atoms with Crippen LogP contribution in [0.4, 0.5) is 10.5 Å². The van der Waals surface area contributed by atoms with Gasteiger partial charge in [-0.15, -0.1) is 0 Å². The number of nitrogens with two attached hydrogens (primary N) is 1. The topological polar surface area (TPSA) is 133 Å². The molecular weight excluding hydrogens is 552 g/mol. The van der Waals surface area contributed by atoms with E-state index >= 15 is 0 Å². The average Bonchev–Trinajstić information content (AvgIpc) is 2.94. The van der Waals surface area contributed by atoms with E-state index in [9.17, 15) is 23.1 Å². The minimum atomic E-state index is -4.02. The number of amides is 2. The maximum atomic E-state index is 13.5. The highest BCUT2D eigenvalue weighted by molar-refractivity contribution is 7.89. The van der Waals surface area contributed by atoms with E-state index in [1.165, 1.54) is 12.1 Å². The van der Waals surface area contributed by atoms with E-state index in [1.54, 1.807) is 23.1 Å². The number of sulfonamides is 1. The van der Waals surface area contributed by atoms with Crippen molar-refractivity contribution < 1.29 is 23.1 Å². The molecule has 0 radical (unpaired) electrons. The average molecular weight is 595 g/mol. The quantitative estimate of drug-likeness (QED) is 0.162. The molecule has 0 aromatic heterocycles. The monoisotopic (exact) mass is 594 g/mol. The standard InChI is InChI=1S/C32H42N4O5S/c1-24(2)21-36(42(40,41)29-17-15-25(3)16-18-29)30(31(37)38)14-7-8-19-34-32(39)35(22-26-10-5-4-6-11-26)23-27-12-9-13-28(33)20-27/h4-6,9-13,15-18,20,24,30H,7-8,14,19,21-23,33H2,1-3H3,(H,34,39)(H,37,38)/t30-/m0/s1. The zero-order chi connectivity index (χ0) is 30.7. The van der Waals surface area contributed by atoms with E-state index in [0.717, 1.165) is 21.0 Å². The Bertz CT molecular complexity index is 1410. The number of carboxylic acid groups (broad SMARTS) is 1. The van der Waals surface area contributed by atoms with Gasteiger partial charge in [0, 0.05) is 31.9 Å². The van der Waals surface area contributed by atoms with Crippen molar-refractivity contribution in [2.75, 3.05) is 18.8 Å². The molecule has 2 amide bonds. The van der Waals surface area contributed by atoms with Gasteiger partial charge in [-0.25, -0.2) is 13.2 Å². The molecule has 0 bridgehead atoms. The van der Waals surface area contributed by atoms with Crippen LogP contribution in [0.1, 0.15) is 49.8 Å². The number of aliphatic carboxylic acids is 1. The van der Waals surface area contributed by atoms with Crippen molar-refractivity contribution in [1.82, 2.24) is 14.5 Å². The molecule has 3 aromatic carbocycles. The lowest BCUT2D eigenvalue weighted by atomic mass is 10.1. The van der Waals surface area contributed by atoms with Gasteiger partial charge in [0.05, 0.1) is 4.90 Å². The molecule has 9 nitrogen and oxygen atoms in total. The first-order valence-electron chi connectivity index (χ1n) is 14.2. The fourth-order valence-electron chi connectivity index (χ4n) is 4.67. The number of carbonyl (C=O) groups excluding carboxylic acids is 1. The van der Waals surface area contributed by atoms with Gasteiger partial charge < -0.3 is 21.1 Å². The molecule has 0 spiro atoms. The van der Waals surface area contributed by atoms with Gasteiger partial charge in [0.2, 0.25) is 10.0 Å². The van der Waals surface area contributed by atoms with Crippen LogP contribution in [0.25, 0.3) is 0 Å². The molecule has 1 atom stereocenters. The lowest BCUT2D eigenvalue weighted by Gasteiger charge is -2.30. The number of carbonyl (C=O) groups is 2. The Balaban J connectivity index is 1.63. The Morgan fingerprint density at radius 2 is 1.55 bits per heavy atom. The van der Waals surface area contributed by atoms with Crippen LogP contribution in [0.15, 0.2) is 83.8 Å². The van der Waals surface area contributed by atoms with Crippen molar-refractivity contribution >= 4 is 27.7 Å². The lowest BCUT2D eigenvalue weighted by molar-refractivity contribution is -0.141. The lowest BCUT2D eigenvalue weighted by Crippen LogP contribution is -2.46. The smallest absolute Gasteiger partial charge is 0.322 e. The fraction of sp³-hybridized carbons (Fsp3) is 0.375. The highest BCUT2D eigenvalue weighted by Crippen LogP contribution is 2.23. The molecule has 0 saturated carbocycles. The molecule has 0 fully saturated rings. The van der Waals surface area contributed by atoms with Gasteiger partial charge in [-0.05, 0) is 67.5 Å². The summed E-state index contributed by atoms with van der Waals surface area (Å²) in [5, 5.41) is 13.0. The number of nitrogen functional groups attached to an aromatic ring is 1. The predicted molar refractivity (Wildman–Crippen MR) is 165 cm³/mol. The van der Waals surface area contributed by atoms with Crippen LogP contribution in [0.2, 0.25) is 0 Å². The van der Waals surface area contributed by atoms with Crippen LogP contribution in [-0.4, -0.2) is 53.9 Å². The number of aryl methyl sites for hydroxylation is 1. The SMILES string of the molecule is Cc1ccc(S(=O)(=O)N(CC(C)C)[C@@H](CCCCNC(=O)N(Cc2ccccc2)Cc2cccc(N)c2)C(=O)O)cc1. The van der Waals surface area contributed by atoms with Gasteiger partial charge in [-0.1, -0.05) is 74.0 Å². The van der Waals surface area contributed by atoms with Crippen LogP contribution >= 0.6 is 0 Å². The molecule has 3 aromatic rings. The minimum absolute atomic E-state index is 0.0677. The van der Waals surface area contributed by atoms with Crippen molar-refractivity contribution in [3.63, 3.8) is 0 Å². The van der Waals surface area contributed by atoms with Crippen molar-refractivity contribution in [2.24, 2.45) is 5.92 Å². The summed E-state index contributed by atoms with van der Waals surface area (Å²) in [4.78, 5) is 27.3. The summed E-state index contributed by atoms with van der Waals surface area (Å²) < 4.78 is 28.1. The van der Waals surface area contributed by atoms with Gasteiger partial charge in [0.25, 0.3) is 0 Å². The highest BCUT2D eigenvalue weighted by atomic mass is 32.2. The van der Waals surface area contributed by atoms with Gasteiger partial charge in [0.1, 0.15) is 6.04 Å². The largest absolute Gasteiger partial charge is 0.480 e. The molecule has 226 valence electrons. The summed E-state index contributed by atoms with van der Waals surface area (Å²) in [6.45, 7) is 6.76. The third kappa shape index (κ3) is 9.60. The highest BCUT2D eigenvalue weighted by Gasteiger charge is 2.36. The molecule has 42 heavy (non-hydrogen) atoms. The summed E-state index contributed by atoms with van der Waals surface area (Å²) in [7, 11) is -4.02. The number of urea groups is 1. The second kappa shape index (κ2) is 15.4. The normalized spacial score (nSPS) is 12.3. The van der Waals surface area contributed by atoms with Gasteiger partial charge in [-0.3, -0.25) is 4.79 Å². The second-order valence-electron chi connectivity index (χ2n) is 11.0. The third-order valence-electron chi connectivity index (χ3n) is 6.81. The van der Waals surface area contributed by atoms with Crippen LogP contribution in [0.3, 0.4) is 0 Å². The molecule has 4 N–H and O–H groups in total. The summed E-state index contributed by atoms with van der Waals surface area (Å²) in [6.07, 6.45) is 1.04. The zero-order valence-electron chi connectivity index (χ0n) is 24.6. The Kier molecular flexibility index (Phi) is 11.9. The number of benzene rings is 3. The van der Waals surface area contributed by atoms with Gasteiger partial charge in [-0.2, -0.15) is 4.31 Å². The summed E-state index contributed by atoms with van der Waals surface area (Å²) >= 11 is 0. The van der Waals surface area contributed by atoms with Crippen LogP contribution in [0, 0.1) is 12.8 Å². The number of unbranched alkanes of at least 4 members (excludes halogenated alkanes) is 1. The van der Waals surface area contributed by atoms with Crippen molar-refractivity contribution in [3.05, 3.63) is 95.6 Å². The number of nitrogens with zero attached hydrogens (tertiary/aromatic N) is 2. The predicted octanol–water partition coefficient (Wildman–Crippen LogP) is 5.26. The zero-order valence-corrected chi connectivity index (χ0v) is 25.4. The number of anilines is 1. The van der Waals surface area contributed by atoms with E-state index < -0.39 is 22.0 Å². The van der Waals surface area contributed by atoms with E-state index in [4.69, 9.17) is 5.73 Å². The van der Waals surface area contributed by atoms with E-state index in [-0.39, 0.29) is 29.8 Å². The number of rotatable bonds is 15. The Hall–Kier alpha value is -3.89. The number of hydrogen-bond donors (Lipinski definition) is 3. The summed E-state index contributed by atoms with van der Waals surface area (Å²) in [5.74, 6) is -1.26. The number of carboxylic acids is 1. The Morgan fingerprint density at radius 1 is 0.905 bits per heavy atom. The number of hydrogen-bond acceptors (Lipinski definition) is 5. The fourth-order valence-corrected chi connectivity index (χ4v) is 6.45. The minimum Gasteiger partial charge on any atom is -0.480 e. The Labute approximate surface area is 249 Å². The van der Waals surface area contributed by atoms with E-state index in [0.29, 0.717) is 38.2 Å². The molecule has 0 unspecified atom stereocenters. The maximum absolute atomic E-state index is 13.5. The van der Waals surface area contributed by atoms with Gasteiger partial charge in [0.15, 0.2) is 0 Å². The van der Waals surface area contributed by atoms with Crippen LogP contribution in [0.5, 0.6) is 0 Å². The maximum Gasteiger partial charge on any atom is 0.322 e. The first kappa shape index (κ1) is 32.6. The van der Waals surface area contributed by atoms with Crippen LogP contribution < -0.4 is 11.1 Å². The first-order valence-corrected chi connectivity index (χ1v) is 15.6. The second-order valence-corrected chi connectivity index (χ2v) is 12.8. The molecule has 0 aliphatic rings. The summed E-state index contributed by atoms with van der Waals surface area (Å²) in [5.41, 5.74) is 9.36. The van der Waals surface area contributed by atoms with E-state index in [1.807, 2.05) is 69.3 Å². The van der Waals surface area contributed by atoms with Crippen LogP contribution in [-0.2, 0) is 27.9 Å². The van der Waals surface area contributed by atoms with Crippen molar-refractivity contribution in [2.45, 2.75) is 64.1 Å². The van der Waals surface area contributed by atoms with Crippen molar-refractivity contribution in [1.29, 1.82) is 0 Å². The molecule has 0 aliphatic carbocycles. The third-order valence-corrected chi connectivity index (χ3v) is 8.70. The molecule has 0 heterocycles. The van der Waals surface area contributed by atoms with Crippen molar-refractivity contribution in [3.8, 4) is 0 Å². The molecule has 10 heteroatoms. The molecule has 0 saturated heterocycles. The first-order chi connectivity index (χ1) is 20.0. The number of nitrogens with one attached hydrogen (secondary N) is 1. The molecular formula is C32H42N4O5S. The van der Waals surface area contributed by atoms with E-state index in [2.05, 4.69) is 5.32 Å². The van der Waals surface area contributed by atoms with Gasteiger partial charge >= 0.3 is 12.0 Å². The summed E-state index contributed by atoms with van der Waals surface area (Å²) in [6, 6.07) is 22.0. The Morgan fingerprint density at radius 3 is 2.17 bits per heavy atom. The molecule has 0 aliphatic heterocycles.